The highest BCUT2D eigenvalue weighted by atomic mass is 35.5. The van der Waals surface area contributed by atoms with Gasteiger partial charge in [-0.15, -0.1) is 0 Å². The highest BCUT2D eigenvalue weighted by Crippen LogP contribution is 2.38. The standard InChI is InChI=1S/C21H28ClN3O4/c1-20(2,3)29-19(28)23-12-15-8-4-5-10-21(15)17(26)25(18(27)24-21)13-14-7-6-9-16(22)11-14/h6-7,9,11,15H,4-5,8,10,12-13H2,1-3H3,(H,23,28)(H,24,27)/t15-,21+/m0/s1. The molecule has 1 aliphatic carbocycles. The molecular weight excluding hydrogens is 394 g/mol. The zero-order chi connectivity index (χ0) is 21.2. The van der Waals surface area contributed by atoms with Gasteiger partial charge in [-0.3, -0.25) is 9.69 Å². The molecule has 158 valence electrons. The predicted octanol–water partition coefficient (Wildman–Crippen LogP) is 3.85. The van der Waals surface area contributed by atoms with Crippen molar-refractivity contribution in [2.24, 2.45) is 5.92 Å². The van der Waals surface area contributed by atoms with Crippen LogP contribution in [0.25, 0.3) is 0 Å². The fourth-order valence-corrected chi connectivity index (χ4v) is 4.31. The number of alkyl carbamates (subject to hydrolysis) is 1. The maximum Gasteiger partial charge on any atom is 0.407 e. The smallest absolute Gasteiger partial charge is 0.407 e. The molecule has 4 amide bonds. The van der Waals surface area contributed by atoms with Gasteiger partial charge in [-0.25, -0.2) is 9.59 Å². The van der Waals surface area contributed by atoms with E-state index in [4.69, 9.17) is 16.3 Å². The SMILES string of the molecule is CC(C)(C)OC(=O)NC[C@@H]1CCCC[C@@]12NC(=O)N(Cc1cccc(Cl)c1)C2=O. The highest BCUT2D eigenvalue weighted by Gasteiger charge is 2.56. The molecule has 0 unspecified atom stereocenters. The van der Waals surface area contributed by atoms with Crippen LogP contribution >= 0.6 is 11.6 Å². The number of rotatable bonds is 4. The lowest BCUT2D eigenvalue weighted by Gasteiger charge is -2.39. The average Bonchev–Trinajstić information content (AvgIpc) is 2.84. The van der Waals surface area contributed by atoms with Gasteiger partial charge in [0.1, 0.15) is 11.1 Å². The molecule has 1 heterocycles. The third kappa shape index (κ3) is 4.83. The van der Waals surface area contributed by atoms with Crippen molar-refractivity contribution in [3.8, 4) is 0 Å². The lowest BCUT2D eigenvalue weighted by Crippen LogP contribution is -2.57. The number of nitrogens with one attached hydrogen (secondary N) is 2. The van der Waals surface area contributed by atoms with Crippen molar-refractivity contribution in [3.05, 3.63) is 34.9 Å². The number of hydrogen-bond donors (Lipinski definition) is 2. The number of halogens is 1. The monoisotopic (exact) mass is 421 g/mol. The molecule has 1 saturated carbocycles. The van der Waals surface area contributed by atoms with Crippen LogP contribution in [-0.4, -0.2) is 40.6 Å². The number of nitrogens with zero attached hydrogens (tertiary/aromatic N) is 1. The van der Waals surface area contributed by atoms with E-state index in [9.17, 15) is 14.4 Å². The van der Waals surface area contributed by atoms with E-state index >= 15 is 0 Å². The number of imide groups is 1. The Morgan fingerprint density at radius 3 is 2.79 bits per heavy atom. The number of carbonyl (C=O) groups excluding carboxylic acids is 3. The quantitative estimate of drug-likeness (QED) is 0.723. The maximum absolute atomic E-state index is 13.3. The molecule has 2 N–H and O–H groups in total. The third-order valence-electron chi connectivity index (χ3n) is 5.39. The second-order valence-electron chi connectivity index (χ2n) is 8.75. The van der Waals surface area contributed by atoms with E-state index in [0.717, 1.165) is 24.8 Å². The van der Waals surface area contributed by atoms with Crippen molar-refractivity contribution >= 4 is 29.6 Å². The van der Waals surface area contributed by atoms with Crippen molar-refractivity contribution in [2.45, 2.75) is 64.1 Å². The van der Waals surface area contributed by atoms with Crippen molar-refractivity contribution < 1.29 is 19.1 Å². The normalized spacial score (nSPS) is 24.6. The van der Waals surface area contributed by atoms with Gasteiger partial charge < -0.3 is 15.4 Å². The largest absolute Gasteiger partial charge is 0.444 e. The van der Waals surface area contributed by atoms with E-state index in [1.165, 1.54) is 4.90 Å². The summed E-state index contributed by atoms with van der Waals surface area (Å²) in [5.41, 5.74) is -0.792. The molecule has 1 aliphatic heterocycles. The molecule has 7 nitrogen and oxygen atoms in total. The number of carbonyl (C=O) groups is 3. The van der Waals surface area contributed by atoms with Gasteiger partial charge in [0.05, 0.1) is 6.54 Å². The summed E-state index contributed by atoms with van der Waals surface area (Å²) < 4.78 is 5.29. The Kier molecular flexibility index (Phi) is 6.08. The Balaban J connectivity index is 1.73. The maximum atomic E-state index is 13.3. The van der Waals surface area contributed by atoms with Crippen molar-refractivity contribution in [3.63, 3.8) is 0 Å². The van der Waals surface area contributed by atoms with Crippen molar-refractivity contribution in [2.75, 3.05) is 6.54 Å². The van der Waals surface area contributed by atoms with Crippen LogP contribution in [0.2, 0.25) is 5.02 Å². The topological polar surface area (TPSA) is 87.7 Å². The van der Waals surface area contributed by atoms with Crippen LogP contribution in [-0.2, 0) is 16.1 Å². The second-order valence-corrected chi connectivity index (χ2v) is 9.18. The summed E-state index contributed by atoms with van der Waals surface area (Å²) in [5.74, 6) is -0.428. The first-order chi connectivity index (χ1) is 13.6. The summed E-state index contributed by atoms with van der Waals surface area (Å²) in [5, 5.41) is 6.26. The first kappa shape index (κ1) is 21.4. The molecule has 0 bridgehead atoms. The summed E-state index contributed by atoms with van der Waals surface area (Å²) in [6, 6.07) is 6.71. The minimum atomic E-state index is -0.983. The molecule has 1 saturated heterocycles. The second kappa shape index (κ2) is 8.22. The Labute approximate surface area is 176 Å². The van der Waals surface area contributed by atoms with Gasteiger partial charge in [0.25, 0.3) is 5.91 Å². The average molecular weight is 422 g/mol. The van der Waals surface area contributed by atoms with Gasteiger partial charge in [-0.05, 0) is 51.3 Å². The van der Waals surface area contributed by atoms with E-state index in [1.807, 2.05) is 6.07 Å². The van der Waals surface area contributed by atoms with Crippen molar-refractivity contribution in [1.82, 2.24) is 15.5 Å². The highest BCUT2D eigenvalue weighted by molar-refractivity contribution is 6.30. The summed E-state index contributed by atoms with van der Waals surface area (Å²) >= 11 is 6.03. The predicted molar refractivity (Wildman–Crippen MR) is 109 cm³/mol. The zero-order valence-corrected chi connectivity index (χ0v) is 17.8. The van der Waals surface area contributed by atoms with Crippen LogP contribution in [0.5, 0.6) is 0 Å². The van der Waals surface area contributed by atoms with E-state index in [2.05, 4.69) is 10.6 Å². The molecule has 2 aliphatic rings. The molecule has 1 aromatic rings. The van der Waals surface area contributed by atoms with E-state index < -0.39 is 23.3 Å². The molecule has 2 atom stereocenters. The Bertz CT molecular complexity index is 807. The van der Waals surface area contributed by atoms with Crippen LogP contribution in [0.3, 0.4) is 0 Å². The van der Waals surface area contributed by atoms with Gasteiger partial charge in [0.15, 0.2) is 0 Å². The van der Waals surface area contributed by atoms with E-state index in [1.54, 1.807) is 39.0 Å². The fraction of sp³-hybridized carbons (Fsp3) is 0.571. The van der Waals surface area contributed by atoms with Crippen LogP contribution < -0.4 is 10.6 Å². The first-order valence-corrected chi connectivity index (χ1v) is 10.3. The van der Waals surface area contributed by atoms with Gasteiger partial charge in [0.2, 0.25) is 0 Å². The number of benzene rings is 1. The van der Waals surface area contributed by atoms with E-state index in [-0.39, 0.29) is 24.9 Å². The van der Waals surface area contributed by atoms with Crippen LogP contribution in [0.4, 0.5) is 9.59 Å². The lowest BCUT2D eigenvalue weighted by atomic mass is 9.72. The molecule has 0 aromatic heterocycles. The fourth-order valence-electron chi connectivity index (χ4n) is 4.09. The summed E-state index contributed by atoms with van der Waals surface area (Å²) in [6.45, 7) is 5.82. The first-order valence-electron chi connectivity index (χ1n) is 9.96. The number of amides is 4. The molecule has 1 aromatic carbocycles. The van der Waals surface area contributed by atoms with Gasteiger partial charge >= 0.3 is 12.1 Å². The number of hydrogen-bond acceptors (Lipinski definition) is 4. The molecule has 8 heteroatoms. The molecule has 2 fully saturated rings. The summed E-state index contributed by atoms with van der Waals surface area (Å²) in [4.78, 5) is 39.3. The molecular formula is C21H28ClN3O4. The van der Waals surface area contributed by atoms with E-state index in [0.29, 0.717) is 11.4 Å². The summed E-state index contributed by atoms with van der Waals surface area (Å²) in [6.07, 6.45) is 2.57. The third-order valence-corrected chi connectivity index (χ3v) is 5.63. The molecule has 29 heavy (non-hydrogen) atoms. The Hall–Kier alpha value is -2.28. The zero-order valence-electron chi connectivity index (χ0n) is 17.1. The Morgan fingerprint density at radius 2 is 2.10 bits per heavy atom. The molecule has 3 rings (SSSR count). The lowest BCUT2D eigenvalue weighted by molar-refractivity contribution is -0.134. The summed E-state index contributed by atoms with van der Waals surface area (Å²) in [7, 11) is 0. The number of urea groups is 1. The van der Waals surface area contributed by atoms with Gasteiger partial charge in [0, 0.05) is 17.5 Å². The van der Waals surface area contributed by atoms with Crippen LogP contribution in [0, 0.1) is 5.92 Å². The number of ether oxygens (including phenoxy) is 1. The van der Waals surface area contributed by atoms with Crippen LogP contribution in [0.15, 0.2) is 24.3 Å². The minimum Gasteiger partial charge on any atom is -0.444 e. The van der Waals surface area contributed by atoms with Gasteiger partial charge in [-0.2, -0.15) is 0 Å². The minimum absolute atomic E-state index is 0.166. The van der Waals surface area contributed by atoms with Crippen LogP contribution in [0.1, 0.15) is 52.0 Å². The van der Waals surface area contributed by atoms with Gasteiger partial charge in [-0.1, -0.05) is 36.6 Å². The molecule has 0 radical (unpaired) electrons. The Morgan fingerprint density at radius 1 is 1.34 bits per heavy atom. The molecule has 1 spiro atoms. The van der Waals surface area contributed by atoms with Crippen molar-refractivity contribution in [1.29, 1.82) is 0 Å².